The highest BCUT2D eigenvalue weighted by atomic mass is 19.1. The molecule has 3 N–H and O–H groups in total. The van der Waals surface area contributed by atoms with Crippen LogP contribution < -0.4 is 31.7 Å². The van der Waals surface area contributed by atoms with Gasteiger partial charge in [0.1, 0.15) is 23.0 Å². The lowest BCUT2D eigenvalue weighted by Gasteiger charge is -2.37. The van der Waals surface area contributed by atoms with Crippen LogP contribution in [0, 0.1) is 0 Å². The summed E-state index contributed by atoms with van der Waals surface area (Å²) in [5.74, 6) is 0.279. The molecule has 0 unspecified atom stereocenters. The Morgan fingerprint density at radius 3 is 2.46 bits per heavy atom. The maximum Gasteiger partial charge on any atom is 0.253 e. The zero-order valence-electron chi connectivity index (χ0n) is 15.6. The number of allylic oxidation sites excluding steroid dienone is 4. The zero-order valence-corrected chi connectivity index (χ0v) is 15.6. The van der Waals surface area contributed by atoms with Gasteiger partial charge in [-0.15, -0.1) is 0 Å². The highest BCUT2D eigenvalue weighted by Gasteiger charge is 2.29. The molecule has 0 radical (unpaired) electrons. The number of aromatic nitrogens is 1. The van der Waals surface area contributed by atoms with Crippen molar-refractivity contribution in [2.45, 2.75) is 6.92 Å². The van der Waals surface area contributed by atoms with E-state index in [1.54, 1.807) is 19.2 Å². The van der Waals surface area contributed by atoms with Crippen LogP contribution in [-0.4, -0.2) is 31.2 Å². The maximum absolute atomic E-state index is 14.0. The lowest BCUT2D eigenvalue weighted by Crippen LogP contribution is -2.51. The molecule has 2 aromatic rings. The average Bonchev–Trinajstić information content (AvgIpc) is 2.72. The van der Waals surface area contributed by atoms with E-state index in [0.717, 1.165) is 5.82 Å². The molecule has 1 aliphatic heterocycles. The summed E-state index contributed by atoms with van der Waals surface area (Å²) in [4.78, 5) is 32.5. The summed E-state index contributed by atoms with van der Waals surface area (Å²) >= 11 is 0. The molecule has 3 rings (SSSR count). The van der Waals surface area contributed by atoms with Crippen molar-refractivity contribution in [2.24, 2.45) is 0 Å². The van der Waals surface area contributed by atoms with Crippen molar-refractivity contribution in [1.82, 2.24) is 4.98 Å². The minimum absolute atomic E-state index is 0.0931. The molecular weight excluding hydrogens is 361 g/mol. The summed E-state index contributed by atoms with van der Waals surface area (Å²) in [6.07, 6.45) is 5.70. The first-order chi connectivity index (χ1) is 13.5. The SMILES string of the molecule is C=C/C=C(Nc1c(N2CCN(c3ccc(N)cn3)CC2)c(=O)c1=O)\C(F)=C/C. The fraction of sp³-hybridized carbons (Fsp3) is 0.250. The lowest BCUT2D eigenvalue weighted by molar-refractivity contribution is 0.643. The smallest absolute Gasteiger partial charge is 0.253 e. The van der Waals surface area contributed by atoms with Gasteiger partial charge in [0, 0.05) is 26.2 Å². The van der Waals surface area contributed by atoms with E-state index in [4.69, 9.17) is 5.73 Å². The van der Waals surface area contributed by atoms with E-state index in [9.17, 15) is 14.0 Å². The first-order valence-corrected chi connectivity index (χ1v) is 8.93. The Bertz CT molecular complexity index is 995. The molecule has 1 aromatic carbocycles. The maximum atomic E-state index is 14.0. The lowest BCUT2D eigenvalue weighted by atomic mass is 10.1. The number of hydrogen-bond acceptors (Lipinski definition) is 7. The molecule has 0 bridgehead atoms. The van der Waals surface area contributed by atoms with Crippen LogP contribution in [0.3, 0.4) is 0 Å². The van der Waals surface area contributed by atoms with Crippen molar-refractivity contribution in [3.05, 3.63) is 75.1 Å². The van der Waals surface area contributed by atoms with Gasteiger partial charge in [0.2, 0.25) is 0 Å². The summed E-state index contributed by atoms with van der Waals surface area (Å²) in [5, 5.41) is 2.76. The van der Waals surface area contributed by atoms with Crippen LogP contribution in [0.15, 0.2) is 64.2 Å². The summed E-state index contributed by atoms with van der Waals surface area (Å²) < 4.78 is 14.0. The van der Waals surface area contributed by atoms with Crippen LogP contribution in [-0.2, 0) is 0 Å². The molecule has 28 heavy (non-hydrogen) atoms. The Kier molecular flexibility index (Phi) is 5.58. The molecule has 1 aromatic heterocycles. The van der Waals surface area contributed by atoms with E-state index >= 15 is 0 Å². The number of nitrogens with two attached hydrogens (primary N) is 1. The fourth-order valence-electron chi connectivity index (χ4n) is 3.13. The number of rotatable bonds is 6. The van der Waals surface area contributed by atoms with E-state index in [1.807, 2.05) is 11.0 Å². The summed E-state index contributed by atoms with van der Waals surface area (Å²) in [5.41, 5.74) is 5.58. The van der Waals surface area contributed by atoms with Gasteiger partial charge in [0.15, 0.2) is 0 Å². The van der Waals surface area contributed by atoms with E-state index in [2.05, 4.69) is 21.8 Å². The second kappa shape index (κ2) is 8.08. The van der Waals surface area contributed by atoms with Gasteiger partial charge in [-0.1, -0.05) is 12.7 Å². The van der Waals surface area contributed by atoms with Crippen LogP contribution in [0.2, 0.25) is 0 Å². The second-order valence-corrected chi connectivity index (χ2v) is 6.38. The van der Waals surface area contributed by atoms with Crippen LogP contribution in [0.25, 0.3) is 0 Å². The number of halogens is 1. The Labute approximate surface area is 162 Å². The van der Waals surface area contributed by atoms with Gasteiger partial charge in [-0.2, -0.15) is 0 Å². The molecule has 0 saturated carbocycles. The minimum Gasteiger partial charge on any atom is -0.397 e. The predicted molar refractivity (Wildman–Crippen MR) is 111 cm³/mol. The summed E-state index contributed by atoms with van der Waals surface area (Å²) in [7, 11) is 0. The Morgan fingerprint density at radius 1 is 1.21 bits per heavy atom. The minimum atomic E-state index is -0.642. The quantitative estimate of drug-likeness (QED) is 0.582. The molecule has 0 atom stereocenters. The molecule has 0 spiro atoms. The number of nitrogen functional groups attached to an aromatic ring is 1. The largest absolute Gasteiger partial charge is 0.397 e. The molecule has 7 nitrogen and oxygen atoms in total. The number of pyridine rings is 1. The monoisotopic (exact) mass is 383 g/mol. The van der Waals surface area contributed by atoms with Gasteiger partial charge >= 0.3 is 0 Å². The van der Waals surface area contributed by atoms with Gasteiger partial charge in [-0.25, -0.2) is 9.37 Å². The van der Waals surface area contributed by atoms with E-state index in [1.165, 1.54) is 18.2 Å². The topological polar surface area (TPSA) is 91.6 Å². The van der Waals surface area contributed by atoms with Gasteiger partial charge < -0.3 is 20.9 Å². The van der Waals surface area contributed by atoms with Crippen LogP contribution in [0.4, 0.5) is 27.3 Å². The standard InChI is InChI=1S/C20H22FN5O2/c1-3-5-15(14(21)4-2)24-17-18(20(28)19(17)27)26-10-8-25(9-11-26)16-7-6-13(22)12-23-16/h3-7,12,24H,1,8-11,22H2,2H3/b14-4+,15-5+. The molecule has 0 aliphatic carbocycles. The van der Waals surface area contributed by atoms with Crippen LogP contribution >= 0.6 is 0 Å². The molecule has 0 amide bonds. The van der Waals surface area contributed by atoms with Gasteiger partial charge in [-0.05, 0) is 31.2 Å². The number of piperazine rings is 1. The molecule has 146 valence electrons. The van der Waals surface area contributed by atoms with Gasteiger partial charge in [0.05, 0.1) is 17.6 Å². The number of nitrogens with one attached hydrogen (secondary N) is 1. The molecule has 1 fully saturated rings. The third-order valence-corrected chi connectivity index (χ3v) is 4.63. The number of hydrogen-bond donors (Lipinski definition) is 2. The average molecular weight is 383 g/mol. The molecule has 1 saturated heterocycles. The zero-order chi connectivity index (χ0) is 20.3. The third kappa shape index (κ3) is 3.66. The fourth-order valence-corrected chi connectivity index (χ4v) is 3.13. The first kappa shape index (κ1) is 19.3. The van der Waals surface area contributed by atoms with Crippen molar-refractivity contribution >= 4 is 22.9 Å². The Hall–Kier alpha value is -3.42. The third-order valence-electron chi connectivity index (χ3n) is 4.63. The first-order valence-electron chi connectivity index (χ1n) is 8.93. The second-order valence-electron chi connectivity index (χ2n) is 6.38. The van der Waals surface area contributed by atoms with E-state index in [-0.39, 0.29) is 11.4 Å². The normalized spacial score (nSPS) is 15.8. The van der Waals surface area contributed by atoms with Crippen molar-refractivity contribution in [3.8, 4) is 0 Å². The Balaban J connectivity index is 1.75. The Morgan fingerprint density at radius 2 is 1.89 bits per heavy atom. The molecule has 2 heterocycles. The molecule has 1 aliphatic rings. The van der Waals surface area contributed by atoms with E-state index < -0.39 is 16.7 Å². The van der Waals surface area contributed by atoms with Gasteiger partial charge in [0.25, 0.3) is 10.9 Å². The van der Waals surface area contributed by atoms with Crippen LogP contribution in [0.1, 0.15) is 6.92 Å². The summed E-state index contributed by atoms with van der Waals surface area (Å²) in [6, 6.07) is 3.64. The van der Waals surface area contributed by atoms with Crippen molar-refractivity contribution in [2.75, 3.05) is 47.0 Å². The highest BCUT2D eigenvalue weighted by Crippen LogP contribution is 2.26. The van der Waals surface area contributed by atoms with E-state index in [0.29, 0.717) is 37.6 Å². The van der Waals surface area contributed by atoms with Crippen molar-refractivity contribution in [1.29, 1.82) is 0 Å². The number of anilines is 4. The predicted octanol–water partition coefficient (Wildman–Crippen LogP) is 1.94. The molecule has 8 heteroatoms. The van der Waals surface area contributed by atoms with Crippen LogP contribution in [0.5, 0.6) is 0 Å². The van der Waals surface area contributed by atoms with Crippen molar-refractivity contribution in [3.63, 3.8) is 0 Å². The number of nitrogens with zero attached hydrogens (tertiary/aromatic N) is 3. The van der Waals surface area contributed by atoms with Crippen molar-refractivity contribution < 1.29 is 4.39 Å². The highest BCUT2D eigenvalue weighted by molar-refractivity contribution is 5.78. The summed E-state index contributed by atoms with van der Waals surface area (Å²) in [6.45, 7) is 7.43. The molecular formula is C20H22FN5O2. The van der Waals surface area contributed by atoms with Gasteiger partial charge in [-0.3, -0.25) is 9.59 Å².